The van der Waals surface area contributed by atoms with Gasteiger partial charge in [0.1, 0.15) is 0 Å². The fraction of sp³-hybridized carbons (Fsp3) is 0.538. The highest BCUT2D eigenvalue weighted by molar-refractivity contribution is 6.30. The van der Waals surface area contributed by atoms with Crippen molar-refractivity contribution in [2.75, 3.05) is 13.1 Å². The van der Waals surface area contributed by atoms with E-state index in [1.807, 2.05) is 12.1 Å². The predicted molar refractivity (Wildman–Crippen MR) is 65.5 cm³/mol. The van der Waals surface area contributed by atoms with Crippen LogP contribution in [0.2, 0.25) is 5.02 Å². The molecule has 0 bridgehead atoms. The lowest BCUT2D eigenvalue weighted by Gasteiger charge is -2.03. The summed E-state index contributed by atoms with van der Waals surface area (Å²) in [7, 11) is 0. The van der Waals surface area contributed by atoms with Crippen molar-refractivity contribution in [1.29, 1.82) is 0 Å². The monoisotopic (exact) mass is 223 g/mol. The van der Waals surface area contributed by atoms with Crippen LogP contribution < -0.4 is 5.32 Å². The molecule has 0 aromatic heterocycles. The summed E-state index contributed by atoms with van der Waals surface area (Å²) in [5.41, 5.74) is 1.41. The van der Waals surface area contributed by atoms with Gasteiger partial charge in [0, 0.05) is 5.02 Å². The minimum absolute atomic E-state index is 0.744. The minimum Gasteiger partial charge on any atom is -0.316 e. The maximum atomic E-state index is 5.98. The van der Waals surface area contributed by atoms with Crippen molar-refractivity contribution >= 4 is 11.6 Å². The molecular weight excluding hydrogens is 206 g/mol. The van der Waals surface area contributed by atoms with Gasteiger partial charge in [-0.25, -0.2) is 0 Å². The highest BCUT2D eigenvalue weighted by Gasteiger charge is 2.37. The van der Waals surface area contributed by atoms with E-state index >= 15 is 0 Å². The van der Waals surface area contributed by atoms with Gasteiger partial charge in [-0.15, -0.1) is 0 Å². The van der Waals surface area contributed by atoms with Crippen LogP contribution in [-0.2, 0) is 0 Å². The van der Waals surface area contributed by atoms with Crippen LogP contribution in [0.5, 0.6) is 0 Å². The highest BCUT2D eigenvalue weighted by atomic mass is 35.5. The van der Waals surface area contributed by atoms with Crippen LogP contribution in [0.15, 0.2) is 24.3 Å². The van der Waals surface area contributed by atoms with Crippen molar-refractivity contribution in [3.05, 3.63) is 34.9 Å². The fourth-order valence-corrected chi connectivity index (χ4v) is 2.28. The van der Waals surface area contributed by atoms with Crippen LogP contribution in [0.3, 0.4) is 0 Å². The molecule has 2 heteroatoms. The highest BCUT2D eigenvalue weighted by Crippen LogP contribution is 2.47. The van der Waals surface area contributed by atoms with Crippen LogP contribution in [0.25, 0.3) is 0 Å². The molecule has 1 aliphatic rings. The van der Waals surface area contributed by atoms with Crippen molar-refractivity contribution in [2.45, 2.75) is 25.7 Å². The van der Waals surface area contributed by atoms with Crippen LogP contribution in [-0.4, -0.2) is 13.1 Å². The molecule has 1 aromatic rings. The minimum atomic E-state index is 0.744. The van der Waals surface area contributed by atoms with Crippen LogP contribution in [0.1, 0.15) is 31.2 Å². The van der Waals surface area contributed by atoms with E-state index in [9.17, 15) is 0 Å². The van der Waals surface area contributed by atoms with Gasteiger partial charge in [-0.3, -0.25) is 0 Å². The summed E-state index contributed by atoms with van der Waals surface area (Å²) in [4.78, 5) is 0. The molecule has 0 amide bonds. The average Bonchev–Trinajstić information content (AvgIpc) is 2.98. The molecule has 2 rings (SSSR count). The van der Waals surface area contributed by atoms with Gasteiger partial charge in [-0.2, -0.15) is 0 Å². The molecule has 1 fully saturated rings. The summed E-state index contributed by atoms with van der Waals surface area (Å²) in [6.07, 6.45) is 2.53. The van der Waals surface area contributed by atoms with Crippen LogP contribution >= 0.6 is 11.6 Å². The SMILES string of the molecule is CCCNCC1CC1c1cccc(Cl)c1. The van der Waals surface area contributed by atoms with E-state index in [-0.39, 0.29) is 0 Å². The number of benzene rings is 1. The van der Waals surface area contributed by atoms with Crippen molar-refractivity contribution in [3.8, 4) is 0 Å². The Labute approximate surface area is 96.8 Å². The number of hydrogen-bond donors (Lipinski definition) is 1. The Bertz CT molecular complexity index is 324. The Morgan fingerprint density at radius 2 is 2.33 bits per heavy atom. The number of hydrogen-bond acceptors (Lipinski definition) is 1. The molecule has 1 aromatic carbocycles. The molecule has 0 saturated heterocycles. The molecule has 0 aliphatic heterocycles. The number of rotatable bonds is 5. The number of nitrogens with one attached hydrogen (secondary N) is 1. The van der Waals surface area contributed by atoms with Gasteiger partial charge in [-0.05, 0) is 55.5 Å². The molecule has 2 atom stereocenters. The molecule has 0 spiro atoms. The molecule has 1 aliphatic carbocycles. The molecule has 15 heavy (non-hydrogen) atoms. The van der Waals surface area contributed by atoms with Crippen molar-refractivity contribution in [2.24, 2.45) is 5.92 Å². The van der Waals surface area contributed by atoms with Gasteiger partial charge in [-0.1, -0.05) is 30.7 Å². The van der Waals surface area contributed by atoms with Gasteiger partial charge in [0.15, 0.2) is 0 Å². The second-order valence-corrected chi connectivity index (χ2v) is 4.80. The Kier molecular flexibility index (Phi) is 3.66. The lowest BCUT2D eigenvalue weighted by atomic mass is 10.1. The van der Waals surface area contributed by atoms with Gasteiger partial charge < -0.3 is 5.32 Å². The molecule has 1 nitrogen and oxygen atoms in total. The molecule has 2 unspecified atom stereocenters. The normalized spacial score (nSPS) is 24.1. The van der Waals surface area contributed by atoms with Gasteiger partial charge in [0.05, 0.1) is 0 Å². The Hall–Kier alpha value is -0.530. The Morgan fingerprint density at radius 3 is 3.07 bits per heavy atom. The van der Waals surface area contributed by atoms with E-state index in [4.69, 9.17) is 11.6 Å². The first kappa shape index (κ1) is 11.0. The second-order valence-electron chi connectivity index (χ2n) is 4.36. The zero-order valence-corrected chi connectivity index (χ0v) is 9.93. The Morgan fingerprint density at radius 1 is 1.47 bits per heavy atom. The summed E-state index contributed by atoms with van der Waals surface area (Å²) >= 11 is 5.98. The van der Waals surface area contributed by atoms with Gasteiger partial charge >= 0.3 is 0 Å². The fourth-order valence-electron chi connectivity index (χ4n) is 2.08. The zero-order valence-electron chi connectivity index (χ0n) is 9.17. The third-order valence-corrected chi connectivity index (χ3v) is 3.27. The quantitative estimate of drug-likeness (QED) is 0.755. The topological polar surface area (TPSA) is 12.0 Å². The van der Waals surface area contributed by atoms with E-state index in [1.165, 1.54) is 18.4 Å². The van der Waals surface area contributed by atoms with Crippen molar-refractivity contribution in [1.82, 2.24) is 5.32 Å². The van der Waals surface area contributed by atoms with Crippen molar-refractivity contribution < 1.29 is 0 Å². The molecule has 1 N–H and O–H groups in total. The van der Waals surface area contributed by atoms with E-state index < -0.39 is 0 Å². The lowest BCUT2D eigenvalue weighted by molar-refractivity contribution is 0.620. The predicted octanol–water partition coefficient (Wildman–Crippen LogP) is 3.44. The number of halogens is 1. The molecule has 82 valence electrons. The maximum absolute atomic E-state index is 5.98. The second kappa shape index (κ2) is 5.00. The van der Waals surface area contributed by atoms with Gasteiger partial charge in [0.2, 0.25) is 0 Å². The van der Waals surface area contributed by atoms with E-state index in [1.54, 1.807) is 0 Å². The largest absolute Gasteiger partial charge is 0.316 e. The standard InChI is InChI=1S/C13H18ClN/c1-2-6-15-9-11-8-13(11)10-4-3-5-12(14)7-10/h3-5,7,11,13,15H,2,6,8-9H2,1H3. The van der Waals surface area contributed by atoms with Gasteiger partial charge in [0.25, 0.3) is 0 Å². The van der Waals surface area contributed by atoms with E-state index in [2.05, 4.69) is 24.4 Å². The molecule has 0 heterocycles. The summed E-state index contributed by atoms with van der Waals surface area (Å²) in [5, 5.41) is 4.34. The summed E-state index contributed by atoms with van der Waals surface area (Å²) in [5.74, 6) is 1.57. The molecule has 0 radical (unpaired) electrons. The summed E-state index contributed by atoms with van der Waals surface area (Å²) in [6.45, 7) is 4.50. The first-order chi connectivity index (χ1) is 7.31. The third-order valence-electron chi connectivity index (χ3n) is 3.03. The molecule has 1 saturated carbocycles. The summed E-state index contributed by atoms with van der Waals surface area (Å²) < 4.78 is 0. The smallest absolute Gasteiger partial charge is 0.0408 e. The lowest BCUT2D eigenvalue weighted by Crippen LogP contribution is -2.17. The van der Waals surface area contributed by atoms with E-state index in [0.29, 0.717) is 0 Å². The summed E-state index contributed by atoms with van der Waals surface area (Å²) in [6, 6.07) is 8.28. The van der Waals surface area contributed by atoms with Crippen LogP contribution in [0, 0.1) is 5.92 Å². The van der Waals surface area contributed by atoms with E-state index in [0.717, 1.165) is 29.9 Å². The maximum Gasteiger partial charge on any atom is 0.0408 e. The average molecular weight is 224 g/mol. The zero-order chi connectivity index (χ0) is 10.7. The first-order valence-corrected chi connectivity index (χ1v) is 6.15. The molecular formula is C13H18ClN. The Balaban J connectivity index is 1.83. The van der Waals surface area contributed by atoms with Crippen LogP contribution in [0.4, 0.5) is 0 Å². The first-order valence-electron chi connectivity index (χ1n) is 5.77. The van der Waals surface area contributed by atoms with Crippen molar-refractivity contribution in [3.63, 3.8) is 0 Å². The third kappa shape index (κ3) is 2.96.